The molecule has 0 spiro atoms. The van der Waals surface area contributed by atoms with Crippen molar-refractivity contribution in [3.8, 4) is 5.75 Å². The number of pyridine rings is 1. The Hall–Kier alpha value is -3.42. The minimum Gasteiger partial charge on any atom is -0.489 e. The molecule has 0 N–H and O–H groups in total. The van der Waals surface area contributed by atoms with Crippen molar-refractivity contribution in [1.29, 1.82) is 0 Å². The molecular formula is C30H38N4O4. The lowest BCUT2D eigenvalue weighted by atomic mass is 9.83. The number of ether oxygens (including phenoxy) is 2. The molecule has 3 aromatic rings. The molecule has 8 nitrogen and oxygen atoms in total. The summed E-state index contributed by atoms with van der Waals surface area (Å²) in [5, 5.41) is 0. The first-order valence-electron chi connectivity index (χ1n) is 13.8. The molecule has 1 aliphatic carbocycles. The van der Waals surface area contributed by atoms with Crippen molar-refractivity contribution in [2.75, 3.05) is 12.0 Å². The standard InChI is InChI=1S/C30H38N4O4/c1-18(2)38-24-13-21(16-31-17-24)14-28-32-29-25-10-9-19(3)33(30(36)37-5)26(25)11-12-27(29)34(28)23-8-6-7-22(15-23)20(4)35/h11-13,16-19,22-23H,6-10,14-15H2,1-5H3/t19-,22+,23+/m0/s1. The number of carbonyl (C=O) groups excluding carboxylic acids is 2. The second kappa shape index (κ2) is 10.8. The van der Waals surface area contributed by atoms with Gasteiger partial charge in [-0.05, 0) is 83.6 Å². The van der Waals surface area contributed by atoms with Crippen LogP contribution in [0.1, 0.15) is 82.8 Å². The largest absolute Gasteiger partial charge is 0.489 e. The fraction of sp³-hybridized carbons (Fsp3) is 0.533. The van der Waals surface area contributed by atoms with Gasteiger partial charge in [-0.15, -0.1) is 0 Å². The lowest BCUT2D eigenvalue weighted by Gasteiger charge is -2.34. The summed E-state index contributed by atoms with van der Waals surface area (Å²) in [6.07, 6.45) is 9.43. The van der Waals surface area contributed by atoms with Crippen molar-refractivity contribution in [3.05, 3.63) is 47.5 Å². The zero-order valence-corrected chi connectivity index (χ0v) is 23.1. The lowest BCUT2D eigenvalue weighted by molar-refractivity contribution is -0.122. The fourth-order valence-corrected chi connectivity index (χ4v) is 6.20. The summed E-state index contributed by atoms with van der Waals surface area (Å²) < 4.78 is 13.4. The van der Waals surface area contributed by atoms with Gasteiger partial charge in [-0.2, -0.15) is 0 Å². The molecule has 1 aromatic carbocycles. The third-order valence-corrected chi connectivity index (χ3v) is 7.99. The van der Waals surface area contributed by atoms with Crippen LogP contribution < -0.4 is 9.64 Å². The van der Waals surface area contributed by atoms with Gasteiger partial charge in [-0.1, -0.05) is 6.42 Å². The number of aromatic nitrogens is 3. The van der Waals surface area contributed by atoms with Gasteiger partial charge in [-0.3, -0.25) is 14.7 Å². The van der Waals surface area contributed by atoms with Gasteiger partial charge in [0.1, 0.15) is 17.4 Å². The van der Waals surface area contributed by atoms with Crippen molar-refractivity contribution in [2.24, 2.45) is 5.92 Å². The van der Waals surface area contributed by atoms with E-state index < -0.39 is 0 Å². The van der Waals surface area contributed by atoms with Crippen molar-refractivity contribution in [3.63, 3.8) is 0 Å². The summed E-state index contributed by atoms with van der Waals surface area (Å²) in [4.78, 5) is 36.4. The van der Waals surface area contributed by atoms with Gasteiger partial charge in [0.25, 0.3) is 0 Å². The van der Waals surface area contributed by atoms with E-state index in [1.807, 2.05) is 32.2 Å². The molecule has 1 amide bonds. The van der Waals surface area contributed by atoms with Crippen LogP contribution in [0.5, 0.6) is 5.75 Å². The van der Waals surface area contributed by atoms with Crippen LogP contribution in [0, 0.1) is 5.92 Å². The first-order valence-corrected chi connectivity index (χ1v) is 13.8. The number of rotatable bonds is 6. The maximum Gasteiger partial charge on any atom is 0.414 e. The molecular weight excluding hydrogens is 480 g/mol. The van der Waals surface area contributed by atoms with Crippen molar-refractivity contribution in [1.82, 2.24) is 14.5 Å². The van der Waals surface area contributed by atoms with E-state index >= 15 is 0 Å². The van der Waals surface area contributed by atoms with Crippen LogP contribution in [-0.2, 0) is 22.4 Å². The van der Waals surface area contributed by atoms with Crippen LogP contribution in [0.25, 0.3) is 11.0 Å². The number of aryl methyl sites for hydroxylation is 1. The Balaban J connectivity index is 1.62. The van der Waals surface area contributed by atoms with Crippen LogP contribution in [0.15, 0.2) is 30.6 Å². The van der Waals surface area contributed by atoms with E-state index in [1.54, 1.807) is 18.0 Å². The molecule has 1 saturated carbocycles. The fourth-order valence-electron chi connectivity index (χ4n) is 6.20. The average molecular weight is 519 g/mol. The topological polar surface area (TPSA) is 86.5 Å². The molecule has 0 saturated heterocycles. The van der Waals surface area contributed by atoms with Gasteiger partial charge in [0, 0.05) is 36.2 Å². The zero-order chi connectivity index (χ0) is 27.0. The number of methoxy groups -OCH3 is 1. The Kier molecular flexibility index (Phi) is 7.41. The number of benzene rings is 1. The van der Waals surface area contributed by atoms with Crippen molar-refractivity contribution in [2.45, 2.75) is 90.8 Å². The molecule has 0 radical (unpaired) electrons. The Morgan fingerprint density at radius 3 is 2.71 bits per heavy atom. The Bertz CT molecular complexity index is 1350. The van der Waals surface area contributed by atoms with E-state index in [9.17, 15) is 9.59 Å². The molecule has 3 atom stereocenters. The average Bonchev–Trinajstić information content (AvgIpc) is 3.26. The lowest BCUT2D eigenvalue weighted by Crippen LogP contribution is -2.42. The molecule has 3 heterocycles. The SMILES string of the molecule is COC(=O)N1c2ccc3c(nc(Cc4cncc(OC(C)C)c4)n3[C@@H]3CCC[C@@H](C(C)=O)C3)c2CC[C@@H]1C. The maximum absolute atomic E-state index is 12.7. The van der Waals surface area contributed by atoms with Crippen molar-refractivity contribution >= 4 is 28.6 Å². The Morgan fingerprint density at radius 1 is 1.16 bits per heavy atom. The van der Waals surface area contributed by atoms with Crippen LogP contribution >= 0.6 is 0 Å². The molecule has 2 aromatic heterocycles. The summed E-state index contributed by atoms with van der Waals surface area (Å²) in [6, 6.07) is 6.41. The Labute approximate surface area is 224 Å². The molecule has 38 heavy (non-hydrogen) atoms. The number of hydrogen-bond donors (Lipinski definition) is 0. The van der Waals surface area contributed by atoms with E-state index in [1.165, 1.54) is 7.11 Å². The van der Waals surface area contributed by atoms with Crippen LogP contribution in [0.4, 0.5) is 10.5 Å². The predicted molar refractivity (Wildman–Crippen MR) is 147 cm³/mol. The van der Waals surface area contributed by atoms with Crippen molar-refractivity contribution < 1.29 is 19.1 Å². The quantitative estimate of drug-likeness (QED) is 0.396. The second-order valence-electron chi connectivity index (χ2n) is 11.1. The normalized spacial score (nSPS) is 21.4. The van der Waals surface area contributed by atoms with Gasteiger partial charge in [-0.25, -0.2) is 9.78 Å². The zero-order valence-electron chi connectivity index (χ0n) is 23.1. The van der Waals surface area contributed by atoms with E-state index in [-0.39, 0.29) is 36.0 Å². The first kappa shape index (κ1) is 26.2. The third kappa shape index (κ3) is 5.00. The number of imidazole rings is 1. The van der Waals surface area contributed by atoms with Gasteiger partial charge in [0.05, 0.1) is 36.1 Å². The summed E-state index contributed by atoms with van der Waals surface area (Å²) in [6.45, 7) is 7.77. The number of anilines is 1. The molecule has 202 valence electrons. The third-order valence-electron chi connectivity index (χ3n) is 7.99. The minimum atomic E-state index is -0.345. The number of hydrogen-bond acceptors (Lipinski definition) is 6. The van der Waals surface area contributed by atoms with Crippen LogP contribution in [0.2, 0.25) is 0 Å². The van der Waals surface area contributed by atoms with Gasteiger partial charge in [0.2, 0.25) is 0 Å². The summed E-state index contributed by atoms with van der Waals surface area (Å²) in [7, 11) is 1.42. The van der Waals surface area contributed by atoms with Crippen LogP contribution in [-0.4, -0.2) is 45.7 Å². The number of carbonyl (C=O) groups is 2. The van der Waals surface area contributed by atoms with Gasteiger partial charge < -0.3 is 14.0 Å². The smallest absolute Gasteiger partial charge is 0.414 e. The number of amides is 1. The highest BCUT2D eigenvalue weighted by Gasteiger charge is 2.33. The monoisotopic (exact) mass is 518 g/mol. The number of ketones is 1. The molecule has 8 heteroatoms. The molecule has 0 bridgehead atoms. The van der Waals surface area contributed by atoms with Crippen LogP contribution in [0.3, 0.4) is 0 Å². The van der Waals surface area contributed by atoms with Gasteiger partial charge >= 0.3 is 6.09 Å². The molecule has 1 aliphatic heterocycles. The first-order chi connectivity index (χ1) is 18.3. The summed E-state index contributed by atoms with van der Waals surface area (Å²) >= 11 is 0. The molecule has 2 aliphatic rings. The number of fused-ring (bicyclic) bond motifs is 3. The Morgan fingerprint density at radius 2 is 1.97 bits per heavy atom. The van der Waals surface area contributed by atoms with E-state index in [0.717, 1.165) is 77.9 Å². The second-order valence-corrected chi connectivity index (χ2v) is 11.1. The van der Waals surface area contributed by atoms with E-state index in [4.69, 9.17) is 14.5 Å². The number of Topliss-reactive ketones (excluding diaryl/α,β-unsaturated/α-hetero) is 1. The van der Waals surface area contributed by atoms with E-state index in [0.29, 0.717) is 6.42 Å². The molecule has 5 rings (SSSR count). The maximum atomic E-state index is 12.7. The highest BCUT2D eigenvalue weighted by Crippen LogP contribution is 2.41. The minimum absolute atomic E-state index is 0.0541. The summed E-state index contributed by atoms with van der Waals surface area (Å²) in [5.41, 5.74) is 4.98. The molecule has 1 fully saturated rings. The van der Waals surface area contributed by atoms with E-state index in [2.05, 4.69) is 22.5 Å². The number of nitrogens with zero attached hydrogens (tertiary/aromatic N) is 4. The summed E-state index contributed by atoms with van der Waals surface area (Å²) in [5.74, 6) is 2.05. The highest BCUT2D eigenvalue weighted by atomic mass is 16.5. The van der Waals surface area contributed by atoms with Gasteiger partial charge in [0.15, 0.2) is 0 Å². The predicted octanol–water partition coefficient (Wildman–Crippen LogP) is 6.04. The molecule has 0 unspecified atom stereocenters. The highest BCUT2D eigenvalue weighted by molar-refractivity contribution is 5.95.